The molecule has 3 heteroatoms. The topological polar surface area (TPSA) is 21.3 Å². The van der Waals surface area contributed by atoms with E-state index in [0.29, 0.717) is 0 Å². The van der Waals surface area contributed by atoms with Gasteiger partial charge < -0.3 is 13.9 Å². The van der Waals surface area contributed by atoms with Gasteiger partial charge >= 0.3 is 0 Å². The van der Waals surface area contributed by atoms with Crippen molar-refractivity contribution in [2.45, 2.75) is 0 Å². The van der Waals surface area contributed by atoms with Crippen LogP contribution in [0.3, 0.4) is 0 Å². The van der Waals surface area contributed by atoms with E-state index in [0.717, 1.165) is 55.8 Å². The number of aromatic nitrogens is 1. The van der Waals surface area contributed by atoms with Crippen molar-refractivity contribution < 1.29 is 4.42 Å². The molecule has 13 rings (SSSR count). The van der Waals surface area contributed by atoms with E-state index < -0.39 is 0 Å². The molecule has 0 aliphatic rings. The molecule has 11 aromatic carbocycles. The lowest BCUT2D eigenvalue weighted by molar-refractivity contribution is 0.669. The van der Waals surface area contributed by atoms with Crippen molar-refractivity contribution in [2.75, 3.05) is 4.90 Å². The summed E-state index contributed by atoms with van der Waals surface area (Å²) in [5.74, 6) is 0. The Balaban J connectivity index is 0.871. The third kappa shape index (κ3) is 6.12. The van der Waals surface area contributed by atoms with Crippen LogP contribution in [0.5, 0.6) is 0 Å². The lowest BCUT2D eigenvalue weighted by Crippen LogP contribution is -2.10. The standard InChI is InChI=1S/C62H40N2O/c1-2-16-50-46(13-1)40-59(53-18-4-3-17-52(50)53)63(48-37-33-44(34-38-48)51-22-12-26-61-62(51)56-21-7-10-25-60(56)65-61)47-35-31-42(32-36-47)41-27-29-43(30-28-41)45-14-11-15-49(39-45)64-57-23-8-5-19-54(57)55-20-6-9-24-58(55)64/h1-40H. The van der Waals surface area contributed by atoms with Gasteiger partial charge in [-0.2, -0.15) is 0 Å². The van der Waals surface area contributed by atoms with Crippen molar-refractivity contribution in [3.05, 3.63) is 243 Å². The molecule has 0 bridgehead atoms. The van der Waals surface area contributed by atoms with Crippen molar-refractivity contribution in [1.82, 2.24) is 4.57 Å². The van der Waals surface area contributed by atoms with Crippen molar-refractivity contribution in [1.29, 1.82) is 0 Å². The molecule has 0 N–H and O–H groups in total. The minimum absolute atomic E-state index is 0.900. The summed E-state index contributed by atoms with van der Waals surface area (Å²) >= 11 is 0. The van der Waals surface area contributed by atoms with Crippen LogP contribution in [0, 0.1) is 0 Å². The highest BCUT2D eigenvalue weighted by molar-refractivity contribution is 6.15. The molecule has 13 aromatic rings. The zero-order chi connectivity index (χ0) is 42.8. The molecule has 0 aliphatic carbocycles. The Morgan fingerprint density at radius 2 is 0.831 bits per heavy atom. The highest BCUT2D eigenvalue weighted by Crippen LogP contribution is 2.44. The maximum Gasteiger partial charge on any atom is 0.136 e. The lowest BCUT2D eigenvalue weighted by Gasteiger charge is -2.28. The van der Waals surface area contributed by atoms with Crippen LogP contribution in [-0.2, 0) is 0 Å². The fourth-order valence-corrected chi connectivity index (χ4v) is 10.1. The first-order valence-corrected chi connectivity index (χ1v) is 22.2. The van der Waals surface area contributed by atoms with Crippen LogP contribution in [0.25, 0.3) is 104 Å². The van der Waals surface area contributed by atoms with Crippen molar-refractivity contribution in [3.8, 4) is 39.1 Å². The van der Waals surface area contributed by atoms with Gasteiger partial charge in [0.25, 0.3) is 0 Å². The van der Waals surface area contributed by atoms with Gasteiger partial charge in [-0.1, -0.05) is 176 Å². The molecule has 2 heterocycles. The molecule has 3 nitrogen and oxygen atoms in total. The van der Waals surface area contributed by atoms with E-state index in [1.807, 2.05) is 12.1 Å². The maximum absolute atomic E-state index is 6.27. The smallest absolute Gasteiger partial charge is 0.136 e. The van der Waals surface area contributed by atoms with E-state index in [9.17, 15) is 0 Å². The van der Waals surface area contributed by atoms with Gasteiger partial charge in [-0.25, -0.2) is 0 Å². The van der Waals surface area contributed by atoms with E-state index in [4.69, 9.17) is 4.42 Å². The maximum atomic E-state index is 6.27. The third-order valence-electron chi connectivity index (χ3n) is 13.2. The molecule has 65 heavy (non-hydrogen) atoms. The van der Waals surface area contributed by atoms with Crippen LogP contribution in [0.15, 0.2) is 247 Å². The van der Waals surface area contributed by atoms with E-state index in [-0.39, 0.29) is 0 Å². The number of hydrogen-bond donors (Lipinski definition) is 0. The molecule has 0 radical (unpaired) electrons. The summed E-state index contributed by atoms with van der Waals surface area (Å²) in [4.78, 5) is 2.41. The molecule has 0 unspecified atom stereocenters. The number of para-hydroxylation sites is 3. The molecule has 0 atom stereocenters. The summed E-state index contributed by atoms with van der Waals surface area (Å²) in [6, 6.07) is 87.7. The third-order valence-corrected chi connectivity index (χ3v) is 13.2. The number of rotatable bonds is 7. The van der Waals surface area contributed by atoms with Gasteiger partial charge in [-0.05, 0) is 116 Å². The van der Waals surface area contributed by atoms with Gasteiger partial charge in [0.05, 0.1) is 16.7 Å². The fraction of sp³-hybridized carbons (Fsp3) is 0. The SMILES string of the molecule is c1cc(-c2ccc(-c3ccc(N(c4ccc(-c5cccc6oc7ccccc7c56)cc4)c4cc5ccccc5c5ccccc45)cc3)cc2)cc(-n2c3ccccc3c3ccccc32)c1. The highest BCUT2D eigenvalue weighted by Gasteiger charge is 2.19. The van der Waals surface area contributed by atoms with E-state index in [1.165, 1.54) is 65.6 Å². The van der Waals surface area contributed by atoms with Gasteiger partial charge in [0.15, 0.2) is 0 Å². The monoisotopic (exact) mass is 828 g/mol. The molecule has 0 spiro atoms. The molecule has 304 valence electrons. The molecule has 0 saturated heterocycles. The van der Waals surface area contributed by atoms with Crippen LogP contribution < -0.4 is 4.90 Å². The highest BCUT2D eigenvalue weighted by atomic mass is 16.3. The van der Waals surface area contributed by atoms with Gasteiger partial charge in [0.1, 0.15) is 11.2 Å². The van der Waals surface area contributed by atoms with E-state index in [2.05, 4.69) is 240 Å². The Morgan fingerprint density at radius 3 is 1.52 bits per heavy atom. The summed E-state index contributed by atoms with van der Waals surface area (Å²) < 4.78 is 8.65. The number of hydrogen-bond acceptors (Lipinski definition) is 2. The lowest BCUT2D eigenvalue weighted by atomic mass is 9.97. The average Bonchev–Trinajstić information content (AvgIpc) is 3.93. The average molecular weight is 829 g/mol. The quantitative estimate of drug-likeness (QED) is 0.149. The van der Waals surface area contributed by atoms with Gasteiger partial charge in [-0.15, -0.1) is 0 Å². The number of furan rings is 1. The Morgan fingerprint density at radius 1 is 0.323 bits per heavy atom. The Kier molecular flexibility index (Phi) is 8.53. The van der Waals surface area contributed by atoms with Crippen molar-refractivity contribution in [3.63, 3.8) is 0 Å². The van der Waals surface area contributed by atoms with Crippen LogP contribution in [0.1, 0.15) is 0 Å². The second-order valence-corrected chi connectivity index (χ2v) is 16.9. The van der Waals surface area contributed by atoms with Gasteiger partial charge in [0.2, 0.25) is 0 Å². The number of fused-ring (bicyclic) bond motifs is 9. The molecule has 2 aromatic heterocycles. The fourth-order valence-electron chi connectivity index (χ4n) is 10.1. The normalized spacial score (nSPS) is 11.7. The minimum Gasteiger partial charge on any atom is -0.456 e. The molecule has 0 fully saturated rings. The van der Waals surface area contributed by atoms with Gasteiger partial charge in [-0.3, -0.25) is 0 Å². The van der Waals surface area contributed by atoms with E-state index >= 15 is 0 Å². The summed E-state index contributed by atoms with van der Waals surface area (Å²) in [6.07, 6.45) is 0. The molecule has 0 amide bonds. The zero-order valence-electron chi connectivity index (χ0n) is 35.4. The predicted molar refractivity (Wildman–Crippen MR) is 274 cm³/mol. The van der Waals surface area contributed by atoms with Crippen LogP contribution in [0.4, 0.5) is 17.1 Å². The zero-order valence-corrected chi connectivity index (χ0v) is 35.4. The first-order valence-electron chi connectivity index (χ1n) is 22.2. The largest absolute Gasteiger partial charge is 0.456 e. The summed E-state index contributed by atoms with van der Waals surface area (Å²) in [7, 11) is 0. The van der Waals surface area contributed by atoms with E-state index in [1.54, 1.807) is 0 Å². The second-order valence-electron chi connectivity index (χ2n) is 16.9. The molecular formula is C62H40N2O. The molecule has 0 saturated carbocycles. The number of benzene rings is 11. The number of anilines is 3. The first kappa shape index (κ1) is 36.9. The first-order chi connectivity index (χ1) is 32.2. The molecule has 0 aliphatic heterocycles. The van der Waals surface area contributed by atoms with Crippen molar-refractivity contribution in [2.24, 2.45) is 0 Å². The molecular weight excluding hydrogens is 789 g/mol. The van der Waals surface area contributed by atoms with Crippen LogP contribution in [-0.4, -0.2) is 4.57 Å². The van der Waals surface area contributed by atoms with Gasteiger partial charge in [0, 0.05) is 44.0 Å². The minimum atomic E-state index is 0.900. The van der Waals surface area contributed by atoms with Crippen LogP contribution >= 0.6 is 0 Å². The Labute approximate surface area is 376 Å². The summed E-state index contributed by atoms with van der Waals surface area (Å²) in [6.45, 7) is 0. The Hall–Kier alpha value is -8.66. The predicted octanol–water partition coefficient (Wildman–Crippen LogP) is 17.5. The Bertz CT molecular complexity index is 3880. The summed E-state index contributed by atoms with van der Waals surface area (Å²) in [5, 5.41) is 9.70. The van der Waals surface area contributed by atoms with Crippen LogP contribution in [0.2, 0.25) is 0 Å². The summed E-state index contributed by atoms with van der Waals surface area (Å²) in [5.41, 5.74) is 15.7. The van der Waals surface area contributed by atoms with Crippen molar-refractivity contribution >= 4 is 82.4 Å². The second kappa shape index (κ2) is 15.0. The number of nitrogens with zero attached hydrogens (tertiary/aromatic N) is 2.